The molecule has 106 valence electrons. The largest absolute Gasteiger partial charge is 0.492 e. The molecule has 0 saturated heterocycles. The molecule has 0 aliphatic heterocycles. The maximum absolute atomic E-state index is 12.1. The predicted octanol–water partition coefficient (Wildman–Crippen LogP) is 2.54. The number of ether oxygens (including phenoxy) is 1. The Morgan fingerprint density at radius 3 is 2.75 bits per heavy atom. The summed E-state index contributed by atoms with van der Waals surface area (Å²) in [5.74, 6) is 0.556. The Morgan fingerprint density at radius 1 is 1.35 bits per heavy atom. The molecule has 0 atom stereocenters. The third-order valence-corrected chi connectivity index (χ3v) is 2.86. The summed E-state index contributed by atoms with van der Waals surface area (Å²) in [6, 6.07) is 9.34. The van der Waals surface area contributed by atoms with Crippen molar-refractivity contribution in [3.63, 3.8) is 0 Å². The zero-order chi connectivity index (χ0) is 14.5. The first-order valence-electron chi connectivity index (χ1n) is 6.63. The van der Waals surface area contributed by atoms with Crippen LogP contribution in [0.2, 0.25) is 0 Å². The molecule has 1 aromatic carbocycles. The number of carbonyl (C=O) groups is 1. The second-order valence-electron chi connectivity index (χ2n) is 4.56. The Morgan fingerprint density at radius 2 is 2.10 bits per heavy atom. The maximum Gasteiger partial charge on any atom is 0.246 e. The number of hydrogen-bond acceptors (Lipinski definition) is 3. The Labute approximate surface area is 118 Å². The second-order valence-corrected chi connectivity index (χ2v) is 4.56. The summed E-state index contributed by atoms with van der Waals surface area (Å²) in [5, 5.41) is 7.13. The molecule has 20 heavy (non-hydrogen) atoms. The number of anilines is 1. The lowest BCUT2D eigenvalue weighted by Gasteiger charge is -2.11. The Kier molecular flexibility index (Phi) is 4.40. The molecule has 1 aromatic heterocycles. The minimum Gasteiger partial charge on any atom is -0.492 e. The Hall–Kier alpha value is -2.30. The molecular formula is C15H19N3O2. The van der Waals surface area contributed by atoms with Gasteiger partial charge in [-0.1, -0.05) is 12.1 Å². The number of hydrogen-bond donors (Lipinski definition) is 1. The van der Waals surface area contributed by atoms with Gasteiger partial charge < -0.3 is 10.1 Å². The van der Waals surface area contributed by atoms with E-state index >= 15 is 0 Å². The van der Waals surface area contributed by atoms with Crippen LogP contribution in [-0.2, 0) is 11.3 Å². The van der Waals surface area contributed by atoms with Crippen LogP contribution in [-0.4, -0.2) is 22.3 Å². The van der Waals surface area contributed by atoms with Gasteiger partial charge in [-0.15, -0.1) is 0 Å². The molecule has 1 amide bonds. The van der Waals surface area contributed by atoms with Crippen LogP contribution in [0.5, 0.6) is 5.75 Å². The first kappa shape index (κ1) is 14.1. The highest BCUT2D eigenvalue weighted by atomic mass is 16.5. The number of aryl methyl sites for hydroxylation is 2. The molecule has 2 aromatic rings. The molecule has 0 unspecified atom stereocenters. The SMILES string of the molecule is CCOc1ccccc1NC(=O)Cn1nc(C)cc1C. The summed E-state index contributed by atoms with van der Waals surface area (Å²) in [6.45, 7) is 6.51. The topological polar surface area (TPSA) is 56.1 Å². The van der Waals surface area contributed by atoms with E-state index in [2.05, 4.69) is 10.4 Å². The van der Waals surface area contributed by atoms with Crippen molar-refractivity contribution < 1.29 is 9.53 Å². The lowest BCUT2D eigenvalue weighted by molar-refractivity contribution is -0.117. The van der Waals surface area contributed by atoms with Gasteiger partial charge in [0, 0.05) is 5.69 Å². The number of amides is 1. The molecule has 5 nitrogen and oxygen atoms in total. The molecular weight excluding hydrogens is 254 g/mol. The first-order chi connectivity index (χ1) is 9.60. The van der Waals surface area contributed by atoms with Gasteiger partial charge in [-0.25, -0.2) is 0 Å². The van der Waals surface area contributed by atoms with Gasteiger partial charge in [-0.3, -0.25) is 9.48 Å². The summed E-state index contributed by atoms with van der Waals surface area (Å²) in [6.07, 6.45) is 0. The number of carbonyl (C=O) groups excluding carboxylic acids is 1. The zero-order valence-corrected chi connectivity index (χ0v) is 12.0. The molecule has 0 bridgehead atoms. The minimum absolute atomic E-state index is 0.122. The highest BCUT2D eigenvalue weighted by molar-refractivity contribution is 5.92. The normalized spacial score (nSPS) is 10.3. The minimum atomic E-state index is -0.122. The van der Waals surface area contributed by atoms with E-state index in [1.54, 1.807) is 4.68 Å². The van der Waals surface area contributed by atoms with Gasteiger partial charge >= 0.3 is 0 Å². The fourth-order valence-electron chi connectivity index (χ4n) is 2.01. The van der Waals surface area contributed by atoms with Crippen molar-refractivity contribution in [3.8, 4) is 5.75 Å². The first-order valence-corrected chi connectivity index (χ1v) is 6.63. The average molecular weight is 273 g/mol. The Bertz CT molecular complexity index is 605. The van der Waals surface area contributed by atoms with E-state index in [1.807, 2.05) is 51.1 Å². The average Bonchev–Trinajstić information content (AvgIpc) is 2.70. The van der Waals surface area contributed by atoms with Crippen molar-refractivity contribution in [1.29, 1.82) is 0 Å². The number of aromatic nitrogens is 2. The number of para-hydroxylation sites is 2. The Balaban J connectivity index is 2.06. The third kappa shape index (κ3) is 3.38. The monoisotopic (exact) mass is 273 g/mol. The number of nitrogens with one attached hydrogen (secondary N) is 1. The van der Waals surface area contributed by atoms with E-state index < -0.39 is 0 Å². The van der Waals surface area contributed by atoms with Crippen LogP contribution in [0.15, 0.2) is 30.3 Å². The number of rotatable bonds is 5. The molecule has 0 aliphatic rings. The highest BCUT2D eigenvalue weighted by Crippen LogP contribution is 2.23. The molecule has 0 aliphatic carbocycles. The van der Waals surface area contributed by atoms with Gasteiger partial charge in [-0.2, -0.15) is 5.10 Å². The molecule has 2 rings (SSSR count). The van der Waals surface area contributed by atoms with Crippen LogP contribution in [0, 0.1) is 13.8 Å². The van der Waals surface area contributed by atoms with Crippen LogP contribution in [0.1, 0.15) is 18.3 Å². The van der Waals surface area contributed by atoms with Crippen LogP contribution in [0.3, 0.4) is 0 Å². The van der Waals surface area contributed by atoms with Crippen molar-refractivity contribution in [2.24, 2.45) is 0 Å². The van der Waals surface area contributed by atoms with E-state index in [0.29, 0.717) is 18.0 Å². The molecule has 1 N–H and O–H groups in total. The van der Waals surface area contributed by atoms with E-state index in [9.17, 15) is 4.79 Å². The van der Waals surface area contributed by atoms with Crippen LogP contribution in [0.25, 0.3) is 0 Å². The highest BCUT2D eigenvalue weighted by Gasteiger charge is 2.10. The third-order valence-electron chi connectivity index (χ3n) is 2.86. The van der Waals surface area contributed by atoms with Crippen molar-refractivity contribution in [2.75, 3.05) is 11.9 Å². The van der Waals surface area contributed by atoms with E-state index in [0.717, 1.165) is 11.4 Å². The summed E-state index contributed by atoms with van der Waals surface area (Å²) in [7, 11) is 0. The van der Waals surface area contributed by atoms with Gasteiger partial charge in [0.2, 0.25) is 5.91 Å². The quantitative estimate of drug-likeness (QED) is 0.910. The van der Waals surface area contributed by atoms with Gasteiger partial charge in [0.05, 0.1) is 18.0 Å². The van der Waals surface area contributed by atoms with Gasteiger partial charge in [0.25, 0.3) is 0 Å². The standard InChI is InChI=1S/C15H19N3O2/c1-4-20-14-8-6-5-7-13(14)16-15(19)10-18-12(3)9-11(2)17-18/h5-9H,4,10H2,1-3H3,(H,16,19). The maximum atomic E-state index is 12.1. The van der Waals surface area contributed by atoms with Gasteiger partial charge in [-0.05, 0) is 39.0 Å². The van der Waals surface area contributed by atoms with E-state index in [1.165, 1.54) is 0 Å². The lowest BCUT2D eigenvalue weighted by Crippen LogP contribution is -2.20. The summed E-state index contributed by atoms with van der Waals surface area (Å²) >= 11 is 0. The number of nitrogens with zero attached hydrogens (tertiary/aromatic N) is 2. The fourth-order valence-corrected chi connectivity index (χ4v) is 2.01. The molecule has 0 saturated carbocycles. The summed E-state index contributed by atoms with van der Waals surface area (Å²) in [4.78, 5) is 12.1. The lowest BCUT2D eigenvalue weighted by atomic mass is 10.3. The fraction of sp³-hybridized carbons (Fsp3) is 0.333. The van der Waals surface area contributed by atoms with Crippen molar-refractivity contribution in [2.45, 2.75) is 27.3 Å². The predicted molar refractivity (Wildman–Crippen MR) is 77.9 cm³/mol. The summed E-state index contributed by atoms with van der Waals surface area (Å²) < 4.78 is 7.17. The smallest absolute Gasteiger partial charge is 0.246 e. The molecule has 0 spiro atoms. The molecule has 0 radical (unpaired) electrons. The van der Waals surface area contributed by atoms with Gasteiger partial charge in [0.1, 0.15) is 12.3 Å². The zero-order valence-electron chi connectivity index (χ0n) is 12.0. The van der Waals surface area contributed by atoms with Crippen molar-refractivity contribution in [3.05, 3.63) is 41.7 Å². The second kappa shape index (κ2) is 6.23. The summed E-state index contributed by atoms with van der Waals surface area (Å²) in [5.41, 5.74) is 2.56. The van der Waals surface area contributed by atoms with Gasteiger partial charge in [0.15, 0.2) is 0 Å². The molecule has 0 fully saturated rings. The van der Waals surface area contributed by atoms with E-state index in [-0.39, 0.29) is 12.5 Å². The van der Waals surface area contributed by atoms with Crippen LogP contribution in [0.4, 0.5) is 5.69 Å². The van der Waals surface area contributed by atoms with Crippen molar-refractivity contribution in [1.82, 2.24) is 9.78 Å². The van der Waals surface area contributed by atoms with Crippen LogP contribution < -0.4 is 10.1 Å². The number of benzene rings is 1. The van der Waals surface area contributed by atoms with E-state index in [4.69, 9.17) is 4.74 Å². The molecule has 5 heteroatoms. The van der Waals surface area contributed by atoms with Crippen LogP contribution >= 0.6 is 0 Å². The van der Waals surface area contributed by atoms with Crippen molar-refractivity contribution >= 4 is 11.6 Å². The molecule has 1 heterocycles.